The molecular weight excluding hydrogens is 509 g/mol. The number of carbonyl (C=O) groups excluding carboxylic acids is 1. The van der Waals surface area contributed by atoms with Gasteiger partial charge < -0.3 is 15.4 Å². The average molecular weight is 533 g/mol. The number of benzene rings is 2. The molecule has 12 heteroatoms. The van der Waals surface area contributed by atoms with E-state index in [1.54, 1.807) is 61.9 Å². The molecule has 0 unspecified atom stereocenters. The Bertz CT molecular complexity index is 1350. The number of amides is 1. The van der Waals surface area contributed by atoms with Gasteiger partial charge in [0.25, 0.3) is 5.91 Å². The number of nitrogens with one attached hydrogen (secondary N) is 3. The van der Waals surface area contributed by atoms with E-state index in [4.69, 9.17) is 16.3 Å². The molecule has 0 saturated carbocycles. The predicted octanol–water partition coefficient (Wildman–Crippen LogP) is 4.90. The van der Waals surface area contributed by atoms with Gasteiger partial charge >= 0.3 is 6.18 Å². The summed E-state index contributed by atoms with van der Waals surface area (Å²) in [6.07, 6.45) is 0.497. The number of hydrogen-bond acceptors (Lipinski definition) is 7. The molecule has 2 aromatic carbocycles. The topological polar surface area (TPSA) is 81.8 Å². The Kier molecular flexibility index (Phi) is 7.58. The maximum atomic E-state index is 13.4. The van der Waals surface area contributed by atoms with Gasteiger partial charge in [0.15, 0.2) is 0 Å². The molecule has 0 spiro atoms. The van der Waals surface area contributed by atoms with Gasteiger partial charge in [-0.15, -0.1) is 5.53 Å². The first kappa shape index (κ1) is 26.3. The molecule has 1 aromatic heterocycles. The van der Waals surface area contributed by atoms with Crippen LogP contribution in [-0.2, 0) is 12.7 Å². The summed E-state index contributed by atoms with van der Waals surface area (Å²) in [7, 11) is 4.98. The number of methoxy groups -OCH3 is 1. The van der Waals surface area contributed by atoms with Gasteiger partial charge in [0.1, 0.15) is 5.75 Å². The molecule has 0 aliphatic carbocycles. The second-order valence-electron chi connectivity index (χ2n) is 8.22. The van der Waals surface area contributed by atoms with Gasteiger partial charge in [-0.1, -0.05) is 11.6 Å². The average Bonchev–Trinajstić information content (AvgIpc) is 3.25. The number of aromatic nitrogens is 1. The third-order valence-electron chi connectivity index (χ3n) is 5.54. The lowest BCUT2D eigenvalue weighted by Crippen LogP contribution is -2.38. The molecule has 8 nitrogen and oxygen atoms in total. The fourth-order valence-corrected chi connectivity index (χ4v) is 4.00. The van der Waals surface area contributed by atoms with Gasteiger partial charge in [-0.2, -0.15) is 13.2 Å². The van der Waals surface area contributed by atoms with Crippen molar-refractivity contribution in [3.8, 4) is 5.75 Å². The number of ether oxygens (including phenoxy) is 1. The van der Waals surface area contributed by atoms with Crippen LogP contribution in [-0.4, -0.2) is 37.1 Å². The summed E-state index contributed by atoms with van der Waals surface area (Å²) >= 11 is 6.43. The monoisotopic (exact) mass is 532 g/mol. The van der Waals surface area contributed by atoms with Crippen molar-refractivity contribution >= 4 is 34.6 Å². The highest BCUT2D eigenvalue weighted by atomic mass is 35.5. The summed E-state index contributed by atoms with van der Waals surface area (Å²) in [4.78, 5) is 17.2. The van der Waals surface area contributed by atoms with Crippen molar-refractivity contribution in [1.82, 2.24) is 20.8 Å². The molecule has 37 heavy (non-hydrogen) atoms. The van der Waals surface area contributed by atoms with Crippen molar-refractivity contribution in [2.45, 2.75) is 12.7 Å². The summed E-state index contributed by atoms with van der Waals surface area (Å²) in [5.41, 5.74) is 4.91. The van der Waals surface area contributed by atoms with E-state index < -0.39 is 17.6 Å². The number of nitrogens with zero attached hydrogens (tertiary/aromatic N) is 3. The SMILES string of the molecule is CNCc1cc(NC(=O)c2ccc(Cl)c(N3C=C(c4cncc(OC)c4)N(C)N3)c2)cc(C(F)(F)F)c1. The highest BCUT2D eigenvalue weighted by Crippen LogP contribution is 2.34. The standard InChI is InChI=1S/C25H24ClF3N6O2/c1-30-11-15-6-18(25(27,28)29)10-19(7-15)32-24(36)16-4-5-21(26)22(9-16)35-14-23(34(2)33-35)17-8-20(37-3)13-31-12-17/h4-10,12-14,30,33H,11H2,1-3H3,(H,32,36). The minimum absolute atomic E-state index is 0.0355. The summed E-state index contributed by atoms with van der Waals surface area (Å²) in [5.74, 6) is 0.0100. The Morgan fingerprint density at radius 1 is 1.16 bits per heavy atom. The highest BCUT2D eigenvalue weighted by molar-refractivity contribution is 6.33. The smallest absolute Gasteiger partial charge is 0.416 e. The molecule has 0 bridgehead atoms. The molecule has 3 aromatic rings. The van der Waals surface area contributed by atoms with Gasteiger partial charge in [-0.05, 0) is 55.1 Å². The van der Waals surface area contributed by atoms with Gasteiger partial charge in [0.05, 0.1) is 35.3 Å². The summed E-state index contributed by atoms with van der Waals surface area (Å²) in [6, 6.07) is 9.86. The lowest BCUT2D eigenvalue weighted by atomic mass is 10.1. The molecule has 1 aliphatic heterocycles. The largest absolute Gasteiger partial charge is 0.495 e. The zero-order chi connectivity index (χ0) is 26.7. The van der Waals surface area contributed by atoms with Crippen molar-refractivity contribution in [2.24, 2.45) is 0 Å². The van der Waals surface area contributed by atoms with Crippen LogP contribution < -0.4 is 25.9 Å². The predicted molar refractivity (Wildman–Crippen MR) is 136 cm³/mol. The molecule has 3 N–H and O–H groups in total. The molecule has 0 saturated heterocycles. The van der Waals surface area contributed by atoms with Gasteiger partial charge in [-0.25, -0.2) is 0 Å². The van der Waals surface area contributed by atoms with Crippen molar-refractivity contribution in [3.63, 3.8) is 0 Å². The molecule has 0 radical (unpaired) electrons. The Morgan fingerprint density at radius 3 is 2.65 bits per heavy atom. The molecule has 1 amide bonds. The maximum absolute atomic E-state index is 13.4. The maximum Gasteiger partial charge on any atom is 0.416 e. The second kappa shape index (κ2) is 10.7. The number of halogens is 4. The van der Waals surface area contributed by atoms with Gasteiger partial charge in [0, 0.05) is 42.8 Å². The van der Waals surface area contributed by atoms with Crippen LogP contribution in [0.15, 0.2) is 61.1 Å². The fraction of sp³-hybridized carbons (Fsp3) is 0.200. The minimum atomic E-state index is -4.55. The van der Waals surface area contributed by atoms with Crippen LogP contribution in [0.4, 0.5) is 24.5 Å². The van der Waals surface area contributed by atoms with Gasteiger partial charge in [0.2, 0.25) is 0 Å². The van der Waals surface area contributed by atoms with Crippen LogP contribution in [0.25, 0.3) is 5.70 Å². The van der Waals surface area contributed by atoms with Crippen LogP contribution in [0.1, 0.15) is 27.0 Å². The van der Waals surface area contributed by atoms with E-state index in [1.807, 2.05) is 6.07 Å². The Hall–Kier alpha value is -3.80. The Balaban J connectivity index is 1.61. The van der Waals surface area contributed by atoms with Crippen LogP contribution in [0.3, 0.4) is 0 Å². The van der Waals surface area contributed by atoms with E-state index in [9.17, 15) is 18.0 Å². The highest BCUT2D eigenvalue weighted by Gasteiger charge is 2.31. The summed E-state index contributed by atoms with van der Waals surface area (Å²) in [5, 5.41) is 9.11. The lowest BCUT2D eigenvalue weighted by Gasteiger charge is -2.22. The van der Waals surface area contributed by atoms with Crippen molar-refractivity contribution in [1.29, 1.82) is 0 Å². The minimum Gasteiger partial charge on any atom is -0.495 e. The van der Waals surface area contributed by atoms with Crippen molar-refractivity contribution in [3.05, 3.63) is 88.3 Å². The van der Waals surface area contributed by atoms with E-state index >= 15 is 0 Å². The molecular formula is C25H24ClF3N6O2. The van der Waals surface area contributed by atoms with E-state index in [2.05, 4.69) is 21.2 Å². The van der Waals surface area contributed by atoms with Crippen LogP contribution in [0.5, 0.6) is 5.75 Å². The number of rotatable bonds is 7. The van der Waals surface area contributed by atoms with Crippen LogP contribution in [0.2, 0.25) is 5.02 Å². The number of alkyl halides is 3. The first-order chi connectivity index (χ1) is 17.6. The molecule has 0 atom stereocenters. The first-order valence-electron chi connectivity index (χ1n) is 11.1. The number of carbonyl (C=O) groups is 1. The van der Waals surface area contributed by atoms with E-state index in [0.717, 1.165) is 23.4 Å². The molecule has 0 fully saturated rings. The summed E-state index contributed by atoms with van der Waals surface area (Å²) in [6.45, 7) is 0.212. The summed E-state index contributed by atoms with van der Waals surface area (Å²) < 4.78 is 45.3. The van der Waals surface area contributed by atoms with Gasteiger partial charge in [-0.3, -0.25) is 19.8 Å². The Morgan fingerprint density at radius 2 is 1.95 bits per heavy atom. The van der Waals surface area contributed by atoms with E-state index in [0.29, 0.717) is 22.0 Å². The normalized spacial score (nSPS) is 13.5. The lowest BCUT2D eigenvalue weighted by molar-refractivity contribution is -0.137. The van der Waals surface area contributed by atoms with Crippen LogP contribution in [0, 0.1) is 0 Å². The van der Waals surface area contributed by atoms with E-state index in [-0.39, 0.29) is 17.8 Å². The number of pyridine rings is 1. The van der Waals surface area contributed by atoms with Crippen molar-refractivity contribution < 1.29 is 22.7 Å². The number of hydrogen-bond donors (Lipinski definition) is 3. The van der Waals surface area contributed by atoms with Crippen LogP contribution >= 0.6 is 11.6 Å². The number of anilines is 2. The molecule has 194 valence electrons. The third-order valence-corrected chi connectivity index (χ3v) is 5.86. The van der Waals surface area contributed by atoms with Crippen molar-refractivity contribution in [2.75, 3.05) is 31.5 Å². The second-order valence-corrected chi connectivity index (χ2v) is 8.63. The zero-order valence-corrected chi connectivity index (χ0v) is 20.9. The quantitative estimate of drug-likeness (QED) is 0.399. The Labute approximate surface area is 216 Å². The first-order valence-corrected chi connectivity index (χ1v) is 11.4. The molecule has 1 aliphatic rings. The fourth-order valence-electron chi connectivity index (χ4n) is 3.79. The van der Waals surface area contributed by atoms with E-state index in [1.165, 1.54) is 12.1 Å². The number of hydrazine groups is 2. The third kappa shape index (κ3) is 5.96. The zero-order valence-electron chi connectivity index (χ0n) is 20.2. The molecule has 2 heterocycles. The molecule has 4 rings (SSSR count).